The number of methoxy groups -OCH3 is 1. The van der Waals surface area contributed by atoms with Crippen molar-refractivity contribution < 1.29 is 39.5 Å². The predicted octanol–water partition coefficient (Wildman–Crippen LogP) is 6.22. The molecule has 4 aromatic carbocycles. The van der Waals surface area contributed by atoms with E-state index in [-0.39, 0.29) is 43.2 Å². The number of carbonyl (C=O) groups is 1. The van der Waals surface area contributed by atoms with Crippen molar-refractivity contribution in [3.8, 4) is 5.75 Å². The van der Waals surface area contributed by atoms with E-state index in [2.05, 4.69) is 14.8 Å². The number of rotatable bonds is 9. The van der Waals surface area contributed by atoms with E-state index >= 15 is 0 Å². The Bertz CT molecular complexity index is 1850. The van der Waals surface area contributed by atoms with E-state index in [1.165, 1.54) is 43.5 Å². The molecule has 0 aromatic heterocycles. The van der Waals surface area contributed by atoms with Crippen LogP contribution in [0.2, 0.25) is 5.02 Å². The van der Waals surface area contributed by atoms with Gasteiger partial charge in [-0.2, -0.15) is 13.2 Å². The van der Waals surface area contributed by atoms with Crippen LogP contribution < -0.4 is 19.5 Å². The lowest BCUT2D eigenvalue weighted by molar-refractivity contribution is -0.137. The quantitative estimate of drug-likeness (QED) is 0.199. The van der Waals surface area contributed by atoms with Crippen LogP contribution in [0.1, 0.15) is 15.9 Å². The number of hydrogen-bond donors (Lipinski definition) is 3. The Hall–Kier alpha value is -4.27. The molecule has 3 N–H and O–H groups in total. The van der Waals surface area contributed by atoms with Gasteiger partial charge >= 0.3 is 6.18 Å². The average molecular weight is 640 g/mol. The third kappa shape index (κ3) is 7.13. The van der Waals surface area contributed by atoms with Gasteiger partial charge in [-0.3, -0.25) is 14.2 Å². The Morgan fingerprint density at radius 2 is 1.48 bits per heavy atom. The molecule has 0 aliphatic heterocycles. The first-order valence-electron chi connectivity index (χ1n) is 11.8. The van der Waals surface area contributed by atoms with Crippen molar-refractivity contribution in [3.05, 3.63) is 107 Å². The summed E-state index contributed by atoms with van der Waals surface area (Å²) in [5, 5.41) is 2.40. The molecule has 0 atom stereocenters. The lowest BCUT2D eigenvalue weighted by atomic mass is 10.2. The first kappa shape index (κ1) is 30.7. The van der Waals surface area contributed by atoms with Crippen LogP contribution in [-0.4, -0.2) is 29.9 Å². The highest BCUT2D eigenvalue weighted by molar-refractivity contribution is 7.93. The Labute approximate surface area is 244 Å². The van der Waals surface area contributed by atoms with E-state index in [0.717, 1.165) is 30.3 Å². The molecule has 0 unspecified atom stereocenters. The highest BCUT2D eigenvalue weighted by atomic mass is 35.5. The van der Waals surface area contributed by atoms with Gasteiger partial charge in [0.1, 0.15) is 10.6 Å². The van der Waals surface area contributed by atoms with Crippen molar-refractivity contribution in [3.63, 3.8) is 0 Å². The number of carbonyl (C=O) groups excluding carboxylic acids is 1. The fourth-order valence-electron chi connectivity index (χ4n) is 3.68. The van der Waals surface area contributed by atoms with Crippen LogP contribution in [0.15, 0.2) is 101 Å². The SMILES string of the molecule is COc1ccccc1NS(=O)(=O)c1cc(NC(=O)c2ccc(S(=O)(=O)Nc3cccc(C(F)(F)F)c3)cc2)ccc1Cl. The maximum atomic E-state index is 13.0. The van der Waals surface area contributed by atoms with Gasteiger partial charge in [-0.25, -0.2) is 16.8 Å². The Morgan fingerprint density at radius 1 is 0.786 bits per heavy atom. The molecule has 0 radical (unpaired) electrons. The highest BCUT2D eigenvalue weighted by Crippen LogP contribution is 2.32. The van der Waals surface area contributed by atoms with Crippen LogP contribution in [0.5, 0.6) is 5.75 Å². The summed E-state index contributed by atoms with van der Waals surface area (Å²) in [6.07, 6.45) is -4.66. The van der Waals surface area contributed by atoms with Gasteiger partial charge in [-0.1, -0.05) is 29.8 Å². The molecule has 0 saturated heterocycles. The zero-order chi connectivity index (χ0) is 30.7. The Kier molecular flexibility index (Phi) is 8.71. The van der Waals surface area contributed by atoms with Crippen molar-refractivity contribution in [2.75, 3.05) is 21.9 Å². The summed E-state index contributed by atoms with van der Waals surface area (Å²) in [5.74, 6) is -0.426. The number of para-hydroxylation sites is 2. The lowest BCUT2D eigenvalue weighted by Crippen LogP contribution is -2.16. The third-order valence-electron chi connectivity index (χ3n) is 5.70. The largest absolute Gasteiger partial charge is 0.495 e. The fraction of sp³-hybridized carbons (Fsp3) is 0.0741. The maximum Gasteiger partial charge on any atom is 0.416 e. The molecular formula is C27H21ClF3N3O6S2. The van der Waals surface area contributed by atoms with Gasteiger partial charge in [0.15, 0.2) is 0 Å². The van der Waals surface area contributed by atoms with Crippen molar-refractivity contribution in [1.29, 1.82) is 0 Å². The van der Waals surface area contributed by atoms with Gasteiger partial charge in [0, 0.05) is 16.9 Å². The van der Waals surface area contributed by atoms with Gasteiger partial charge in [-0.15, -0.1) is 0 Å². The molecule has 0 heterocycles. The molecule has 15 heteroatoms. The van der Waals surface area contributed by atoms with Gasteiger partial charge in [0.2, 0.25) is 0 Å². The van der Waals surface area contributed by atoms with E-state index in [1.807, 2.05) is 0 Å². The molecule has 0 spiro atoms. The molecule has 4 rings (SSSR count). The van der Waals surface area contributed by atoms with Gasteiger partial charge in [-0.05, 0) is 72.8 Å². The topological polar surface area (TPSA) is 131 Å². The average Bonchev–Trinajstić information content (AvgIpc) is 2.93. The highest BCUT2D eigenvalue weighted by Gasteiger charge is 2.31. The summed E-state index contributed by atoms with van der Waals surface area (Å²) < 4.78 is 100.0. The van der Waals surface area contributed by atoms with Gasteiger partial charge in [0.05, 0.1) is 28.3 Å². The predicted molar refractivity (Wildman–Crippen MR) is 152 cm³/mol. The van der Waals surface area contributed by atoms with Crippen LogP contribution in [-0.2, 0) is 26.2 Å². The minimum atomic E-state index is -4.66. The van der Waals surface area contributed by atoms with Crippen molar-refractivity contribution >= 4 is 54.6 Å². The number of ether oxygens (including phenoxy) is 1. The molecule has 0 aliphatic carbocycles. The van der Waals surface area contributed by atoms with Crippen LogP contribution >= 0.6 is 11.6 Å². The molecule has 9 nitrogen and oxygen atoms in total. The molecular weight excluding hydrogens is 619 g/mol. The number of halogens is 4. The van der Waals surface area contributed by atoms with E-state index in [4.69, 9.17) is 16.3 Å². The molecule has 0 fully saturated rings. The van der Waals surface area contributed by atoms with Gasteiger partial charge in [0.25, 0.3) is 26.0 Å². The second-order valence-corrected chi connectivity index (χ2v) is 12.4. The molecule has 4 aromatic rings. The number of anilines is 3. The standard InChI is InChI=1S/C27H21ClF3N3O6S2/c1-40-24-8-3-2-7-23(24)34-42(38,39)25-16-19(11-14-22(25)28)32-26(35)17-9-12-21(13-10-17)41(36,37)33-20-6-4-5-18(15-20)27(29,30)31/h2-16,33-34H,1H3,(H,32,35). The molecule has 0 saturated carbocycles. The number of benzene rings is 4. The zero-order valence-electron chi connectivity index (χ0n) is 21.4. The lowest BCUT2D eigenvalue weighted by Gasteiger charge is -2.14. The zero-order valence-corrected chi connectivity index (χ0v) is 23.8. The number of sulfonamides is 2. The maximum absolute atomic E-state index is 13.0. The summed E-state index contributed by atoms with van der Waals surface area (Å²) in [6, 6.07) is 18.4. The second kappa shape index (κ2) is 11.9. The van der Waals surface area contributed by atoms with Crippen molar-refractivity contribution in [2.24, 2.45) is 0 Å². The normalized spacial score (nSPS) is 11.9. The summed E-state index contributed by atoms with van der Waals surface area (Å²) in [5.41, 5.74) is -1.06. The molecule has 0 bridgehead atoms. The Morgan fingerprint density at radius 3 is 2.14 bits per heavy atom. The summed E-state index contributed by atoms with van der Waals surface area (Å²) >= 11 is 6.14. The summed E-state index contributed by atoms with van der Waals surface area (Å²) in [6.45, 7) is 0. The summed E-state index contributed by atoms with van der Waals surface area (Å²) in [4.78, 5) is 12.2. The van der Waals surface area contributed by atoms with Crippen LogP contribution in [0.4, 0.5) is 30.2 Å². The van der Waals surface area contributed by atoms with Crippen molar-refractivity contribution in [1.82, 2.24) is 0 Å². The monoisotopic (exact) mass is 639 g/mol. The third-order valence-corrected chi connectivity index (χ3v) is 8.94. The smallest absolute Gasteiger partial charge is 0.416 e. The van der Waals surface area contributed by atoms with E-state index in [1.54, 1.807) is 18.2 Å². The fourth-order valence-corrected chi connectivity index (χ4v) is 6.32. The molecule has 42 heavy (non-hydrogen) atoms. The first-order chi connectivity index (χ1) is 19.7. The second-order valence-electron chi connectivity index (χ2n) is 8.61. The molecule has 0 aliphatic rings. The van der Waals surface area contributed by atoms with E-state index in [0.29, 0.717) is 6.07 Å². The van der Waals surface area contributed by atoms with Crippen molar-refractivity contribution in [2.45, 2.75) is 16.0 Å². The minimum Gasteiger partial charge on any atom is -0.495 e. The molecule has 220 valence electrons. The van der Waals surface area contributed by atoms with E-state index in [9.17, 15) is 34.8 Å². The minimum absolute atomic E-state index is 0.0134. The number of amides is 1. The van der Waals surface area contributed by atoms with Gasteiger partial charge < -0.3 is 10.1 Å². The first-order valence-corrected chi connectivity index (χ1v) is 15.1. The summed E-state index contributed by atoms with van der Waals surface area (Å²) in [7, 11) is -7.11. The number of hydrogen-bond acceptors (Lipinski definition) is 6. The molecule has 1 amide bonds. The van der Waals surface area contributed by atoms with Crippen LogP contribution in [0.3, 0.4) is 0 Å². The Balaban J connectivity index is 1.50. The van der Waals surface area contributed by atoms with Crippen LogP contribution in [0.25, 0.3) is 0 Å². The number of alkyl halides is 3. The van der Waals surface area contributed by atoms with Crippen LogP contribution in [0, 0.1) is 0 Å². The number of nitrogens with one attached hydrogen (secondary N) is 3. The van der Waals surface area contributed by atoms with E-state index < -0.39 is 37.7 Å².